The fourth-order valence-corrected chi connectivity index (χ4v) is 4.51. The molecule has 29 heavy (non-hydrogen) atoms. The van der Waals surface area contributed by atoms with Gasteiger partial charge in [-0.15, -0.1) is 0 Å². The van der Waals surface area contributed by atoms with Gasteiger partial charge in [0.25, 0.3) is 0 Å². The Hall–Kier alpha value is -2.69. The quantitative estimate of drug-likeness (QED) is 0.846. The van der Waals surface area contributed by atoms with Crippen LogP contribution in [0.4, 0.5) is 11.4 Å². The number of hydrogen-bond donors (Lipinski definition) is 1. The first-order valence-electron chi connectivity index (χ1n) is 10.6. The van der Waals surface area contributed by atoms with Crippen LogP contribution in [0.3, 0.4) is 0 Å². The fraction of sp³-hybridized carbons (Fsp3) is 0.458. The number of carbonyl (C=O) groups excluding carboxylic acids is 1. The number of para-hydroxylation sites is 1. The lowest BCUT2D eigenvalue weighted by molar-refractivity contribution is -0.126. The van der Waals surface area contributed by atoms with Crippen molar-refractivity contribution in [2.75, 3.05) is 43.1 Å². The van der Waals surface area contributed by atoms with Crippen molar-refractivity contribution in [2.45, 2.75) is 26.3 Å². The van der Waals surface area contributed by atoms with E-state index in [1.54, 1.807) is 7.11 Å². The minimum absolute atomic E-state index is 0.0545. The average Bonchev–Trinajstić information content (AvgIpc) is 2.76. The minimum Gasteiger partial charge on any atom is -0.497 e. The Morgan fingerprint density at radius 2 is 1.97 bits per heavy atom. The zero-order chi connectivity index (χ0) is 20.4. The van der Waals surface area contributed by atoms with Crippen LogP contribution in [-0.4, -0.2) is 45.2 Å². The molecule has 2 aromatic rings. The van der Waals surface area contributed by atoms with E-state index in [4.69, 9.17) is 4.74 Å². The summed E-state index contributed by atoms with van der Waals surface area (Å²) in [4.78, 5) is 18.0. The number of piperazine rings is 1. The van der Waals surface area contributed by atoms with Crippen LogP contribution >= 0.6 is 0 Å². The van der Waals surface area contributed by atoms with E-state index in [2.05, 4.69) is 65.4 Å². The summed E-state index contributed by atoms with van der Waals surface area (Å²) >= 11 is 0. The summed E-state index contributed by atoms with van der Waals surface area (Å²) in [6.07, 6.45) is 0.771. The maximum absolute atomic E-state index is 13.2. The van der Waals surface area contributed by atoms with Crippen LogP contribution < -0.4 is 19.9 Å². The highest BCUT2D eigenvalue weighted by atomic mass is 16.5. The monoisotopic (exact) mass is 393 g/mol. The molecule has 1 saturated heterocycles. The summed E-state index contributed by atoms with van der Waals surface area (Å²) in [6, 6.07) is 16.9. The molecule has 2 atom stereocenters. The van der Waals surface area contributed by atoms with E-state index in [1.807, 2.05) is 12.1 Å². The molecule has 0 aromatic heterocycles. The summed E-state index contributed by atoms with van der Waals surface area (Å²) in [5, 5.41) is 3.18. The van der Waals surface area contributed by atoms with Crippen molar-refractivity contribution in [3.05, 3.63) is 54.1 Å². The molecular formula is C24H31N3O2. The normalized spacial score (nSPS) is 20.8. The van der Waals surface area contributed by atoms with Gasteiger partial charge in [0, 0.05) is 43.6 Å². The van der Waals surface area contributed by atoms with Gasteiger partial charge in [0.05, 0.1) is 19.1 Å². The molecule has 1 fully saturated rings. The molecule has 0 bridgehead atoms. The minimum atomic E-state index is -0.0545. The van der Waals surface area contributed by atoms with Gasteiger partial charge in [-0.3, -0.25) is 4.79 Å². The molecule has 2 heterocycles. The second-order valence-electron chi connectivity index (χ2n) is 8.49. The van der Waals surface area contributed by atoms with Gasteiger partial charge in [0.1, 0.15) is 5.75 Å². The van der Waals surface area contributed by atoms with Crippen LogP contribution in [0.5, 0.6) is 5.75 Å². The van der Waals surface area contributed by atoms with Crippen LogP contribution in [0.1, 0.15) is 19.4 Å². The summed E-state index contributed by atoms with van der Waals surface area (Å²) in [7, 11) is 1.71. The van der Waals surface area contributed by atoms with Gasteiger partial charge in [0.2, 0.25) is 5.91 Å². The number of rotatable bonds is 5. The predicted octanol–water partition coefficient (Wildman–Crippen LogP) is 3.33. The Morgan fingerprint density at radius 1 is 1.17 bits per heavy atom. The topological polar surface area (TPSA) is 44.8 Å². The first-order valence-corrected chi connectivity index (χ1v) is 10.6. The Labute approximate surface area is 173 Å². The molecule has 1 amide bonds. The molecule has 0 spiro atoms. The standard InChI is InChI=1S/C24H31N3O2/c1-17(2)15-25-24(28)21-13-18-9-10-20(29-3)14-22(18)27-12-11-26(16-23(21)27)19-7-5-4-6-8-19/h4-10,14,17,21,23H,11-13,15-16H2,1-3H3,(H,25,28)/t21-,23+/m0/s1. The summed E-state index contributed by atoms with van der Waals surface area (Å²) in [5.41, 5.74) is 3.68. The first kappa shape index (κ1) is 19.6. The third-order valence-electron chi connectivity index (χ3n) is 6.07. The second-order valence-corrected chi connectivity index (χ2v) is 8.49. The van der Waals surface area contributed by atoms with Crippen LogP contribution in [0.15, 0.2) is 48.5 Å². The van der Waals surface area contributed by atoms with Crippen molar-refractivity contribution < 1.29 is 9.53 Å². The molecule has 0 saturated carbocycles. The SMILES string of the molecule is COc1ccc2c(c1)N1CCN(c3ccccc3)C[C@@H]1[C@@H](C(=O)NCC(C)C)C2. The van der Waals surface area contributed by atoms with Gasteiger partial charge in [-0.05, 0) is 36.1 Å². The molecular weight excluding hydrogens is 362 g/mol. The van der Waals surface area contributed by atoms with E-state index in [0.29, 0.717) is 5.92 Å². The van der Waals surface area contributed by atoms with Crippen LogP contribution in [0.2, 0.25) is 0 Å². The lowest BCUT2D eigenvalue weighted by Crippen LogP contribution is -2.61. The summed E-state index contributed by atoms with van der Waals surface area (Å²) < 4.78 is 5.47. The van der Waals surface area contributed by atoms with Gasteiger partial charge in [-0.25, -0.2) is 0 Å². The second kappa shape index (κ2) is 8.36. The van der Waals surface area contributed by atoms with E-state index in [-0.39, 0.29) is 17.9 Å². The summed E-state index contributed by atoms with van der Waals surface area (Å²) in [6.45, 7) is 7.67. The number of anilines is 2. The van der Waals surface area contributed by atoms with Gasteiger partial charge in [0.15, 0.2) is 0 Å². The molecule has 154 valence electrons. The highest BCUT2D eigenvalue weighted by Crippen LogP contribution is 2.38. The lowest BCUT2D eigenvalue weighted by atomic mass is 9.83. The number of benzene rings is 2. The number of ether oxygens (including phenoxy) is 1. The zero-order valence-electron chi connectivity index (χ0n) is 17.6. The highest BCUT2D eigenvalue weighted by Gasteiger charge is 2.41. The van der Waals surface area contributed by atoms with Gasteiger partial charge in [-0.2, -0.15) is 0 Å². The van der Waals surface area contributed by atoms with Crippen molar-refractivity contribution in [3.8, 4) is 5.75 Å². The Balaban J connectivity index is 1.64. The molecule has 5 nitrogen and oxygen atoms in total. The Morgan fingerprint density at radius 3 is 2.69 bits per heavy atom. The number of methoxy groups -OCH3 is 1. The van der Waals surface area contributed by atoms with E-state index < -0.39 is 0 Å². The number of hydrogen-bond acceptors (Lipinski definition) is 4. The maximum Gasteiger partial charge on any atom is 0.225 e. The molecule has 0 aliphatic carbocycles. The van der Waals surface area contributed by atoms with E-state index in [1.165, 1.54) is 16.9 Å². The molecule has 2 aromatic carbocycles. The van der Waals surface area contributed by atoms with Crippen LogP contribution in [0, 0.1) is 11.8 Å². The number of fused-ring (bicyclic) bond motifs is 3. The smallest absolute Gasteiger partial charge is 0.225 e. The lowest BCUT2D eigenvalue weighted by Gasteiger charge is -2.49. The molecule has 0 radical (unpaired) electrons. The summed E-state index contributed by atoms with van der Waals surface area (Å²) in [5.74, 6) is 1.43. The number of nitrogens with one attached hydrogen (secondary N) is 1. The van der Waals surface area contributed by atoms with Crippen LogP contribution in [0.25, 0.3) is 0 Å². The number of nitrogens with zero attached hydrogens (tertiary/aromatic N) is 2. The third kappa shape index (κ3) is 4.04. The van der Waals surface area contributed by atoms with E-state index in [0.717, 1.165) is 38.3 Å². The van der Waals surface area contributed by atoms with E-state index >= 15 is 0 Å². The molecule has 4 rings (SSSR count). The maximum atomic E-state index is 13.2. The predicted molar refractivity (Wildman–Crippen MR) is 118 cm³/mol. The molecule has 1 N–H and O–H groups in total. The third-order valence-corrected chi connectivity index (χ3v) is 6.07. The van der Waals surface area contributed by atoms with Gasteiger partial charge in [-0.1, -0.05) is 38.1 Å². The van der Waals surface area contributed by atoms with Crippen molar-refractivity contribution in [1.29, 1.82) is 0 Å². The van der Waals surface area contributed by atoms with Gasteiger partial charge >= 0.3 is 0 Å². The highest BCUT2D eigenvalue weighted by molar-refractivity contribution is 5.82. The number of carbonyl (C=O) groups is 1. The van der Waals surface area contributed by atoms with Crippen molar-refractivity contribution in [2.24, 2.45) is 11.8 Å². The average molecular weight is 394 g/mol. The number of amides is 1. The Kier molecular flexibility index (Phi) is 5.65. The molecule has 2 aliphatic heterocycles. The van der Waals surface area contributed by atoms with E-state index in [9.17, 15) is 4.79 Å². The molecule has 5 heteroatoms. The largest absolute Gasteiger partial charge is 0.497 e. The van der Waals surface area contributed by atoms with Gasteiger partial charge < -0.3 is 19.9 Å². The molecule has 0 unspecified atom stereocenters. The van der Waals surface area contributed by atoms with Crippen molar-refractivity contribution in [3.63, 3.8) is 0 Å². The molecule has 2 aliphatic rings. The fourth-order valence-electron chi connectivity index (χ4n) is 4.51. The van der Waals surface area contributed by atoms with Crippen LogP contribution in [-0.2, 0) is 11.2 Å². The Bertz CT molecular complexity index is 852. The zero-order valence-corrected chi connectivity index (χ0v) is 17.6. The first-order chi connectivity index (χ1) is 14.1. The van der Waals surface area contributed by atoms with Crippen molar-refractivity contribution in [1.82, 2.24) is 5.32 Å². The van der Waals surface area contributed by atoms with Crippen molar-refractivity contribution >= 4 is 17.3 Å².